The van der Waals surface area contributed by atoms with Gasteiger partial charge in [-0.15, -0.1) is 0 Å². The Morgan fingerprint density at radius 1 is 1.56 bits per heavy atom. The van der Waals surface area contributed by atoms with Gasteiger partial charge in [-0.1, -0.05) is 13.0 Å². The van der Waals surface area contributed by atoms with E-state index in [1.807, 2.05) is 18.3 Å². The van der Waals surface area contributed by atoms with Gasteiger partial charge in [0.05, 0.1) is 24.4 Å². The van der Waals surface area contributed by atoms with Crippen LogP contribution in [-0.4, -0.2) is 41.7 Å². The fourth-order valence-corrected chi connectivity index (χ4v) is 2.60. The van der Waals surface area contributed by atoms with Crippen molar-refractivity contribution in [1.82, 2.24) is 9.88 Å². The highest BCUT2D eigenvalue weighted by molar-refractivity contribution is 5.10. The highest BCUT2D eigenvalue weighted by Crippen LogP contribution is 2.25. The fraction of sp³-hybridized carbons (Fsp3) is 0.643. The minimum atomic E-state index is 0.197. The molecule has 2 N–H and O–H groups in total. The quantitative estimate of drug-likeness (QED) is 0.880. The molecule has 1 aliphatic rings. The first kappa shape index (κ1) is 13.5. The van der Waals surface area contributed by atoms with Crippen LogP contribution in [0, 0.1) is 0 Å². The number of rotatable bonds is 4. The zero-order valence-corrected chi connectivity index (χ0v) is 11.2. The van der Waals surface area contributed by atoms with Gasteiger partial charge in [-0.05, 0) is 25.5 Å². The molecule has 4 heteroatoms. The minimum absolute atomic E-state index is 0.197. The van der Waals surface area contributed by atoms with E-state index in [9.17, 15) is 0 Å². The van der Waals surface area contributed by atoms with Crippen molar-refractivity contribution in [2.24, 2.45) is 5.73 Å². The third-order valence-electron chi connectivity index (χ3n) is 3.63. The predicted octanol–water partition coefficient (Wildman–Crippen LogP) is 1.58. The van der Waals surface area contributed by atoms with Crippen LogP contribution in [0.25, 0.3) is 0 Å². The molecule has 3 unspecified atom stereocenters. The molecule has 4 nitrogen and oxygen atoms in total. The average molecular weight is 249 g/mol. The largest absolute Gasteiger partial charge is 0.376 e. The standard InChI is InChI=1S/C14H23N3O/c1-3-12-10-18-11(2)9-17(12)14(8-15)13-6-4-5-7-16-13/h4-7,11-12,14H,3,8-10,15H2,1-2H3. The Hall–Kier alpha value is -0.970. The molecule has 100 valence electrons. The molecule has 0 aliphatic carbocycles. The second-order valence-corrected chi connectivity index (χ2v) is 4.91. The number of ether oxygens (including phenoxy) is 1. The number of pyridine rings is 1. The molecule has 2 rings (SSSR count). The van der Waals surface area contributed by atoms with E-state index in [0.29, 0.717) is 12.6 Å². The Kier molecular flexibility index (Phi) is 4.69. The van der Waals surface area contributed by atoms with Crippen LogP contribution in [0.1, 0.15) is 32.0 Å². The van der Waals surface area contributed by atoms with Crippen molar-refractivity contribution in [2.45, 2.75) is 38.5 Å². The summed E-state index contributed by atoms with van der Waals surface area (Å²) in [5.74, 6) is 0. The van der Waals surface area contributed by atoms with Crippen LogP contribution in [0.2, 0.25) is 0 Å². The molecule has 0 saturated carbocycles. The van der Waals surface area contributed by atoms with E-state index in [4.69, 9.17) is 10.5 Å². The smallest absolute Gasteiger partial charge is 0.0675 e. The molecule has 1 aromatic heterocycles. The summed E-state index contributed by atoms with van der Waals surface area (Å²) in [6.07, 6.45) is 3.18. The van der Waals surface area contributed by atoms with Gasteiger partial charge in [0.1, 0.15) is 0 Å². The van der Waals surface area contributed by atoms with E-state index >= 15 is 0 Å². The van der Waals surface area contributed by atoms with E-state index < -0.39 is 0 Å². The van der Waals surface area contributed by atoms with Crippen LogP contribution in [0.5, 0.6) is 0 Å². The van der Waals surface area contributed by atoms with Gasteiger partial charge in [0.2, 0.25) is 0 Å². The predicted molar refractivity (Wildman–Crippen MR) is 72.2 cm³/mol. The molecule has 1 aromatic rings. The minimum Gasteiger partial charge on any atom is -0.376 e. The monoisotopic (exact) mass is 249 g/mol. The normalized spacial score (nSPS) is 27.1. The number of hydrogen-bond acceptors (Lipinski definition) is 4. The van der Waals surface area contributed by atoms with Gasteiger partial charge in [0.15, 0.2) is 0 Å². The topological polar surface area (TPSA) is 51.4 Å². The lowest BCUT2D eigenvalue weighted by atomic mass is 10.0. The van der Waals surface area contributed by atoms with Gasteiger partial charge < -0.3 is 10.5 Å². The lowest BCUT2D eigenvalue weighted by Crippen LogP contribution is -2.51. The molecule has 0 aromatic carbocycles. The SMILES string of the molecule is CCC1COC(C)CN1C(CN)c1ccccn1. The van der Waals surface area contributed by atoms with E-state index in [1.54, 1.807) is 0 Å². The summed E-state index contributed by atoms with van der Waals surface area (Å²) < 4.78 is 5.74. The third kappa shape index (κ3) is 2.88. The molecule has 0 bridgehead atoms. The first-order chi connectivity index (χ1) is 8.76. The molecule has 2 heterocycles. The lowest BCUT2D eigenvalue weighted by molar-refractivity contribution is -0.0724. The summed E-state index contributed by atoms with van der Waals surface area (Å²) in [5, 5.41) is 0. The number of morpholine rings is 1. The van der Waals surface area contributed by atoms with Gasteiger partial charge in [0.25, 0.3) is 0 Å². The maximum Gasteiger partial charge on any atom is 0.0675 e. The Morgan fingerprint density at radius 2 is 2.39 bits per heavy atom. The number of nitrogens with zero attached hydrogens (tertiary/aromatic N) is 2. The molecular formula is C14H23N3O. The molecule has 0 radical (unpaired) electrons. The van der Waals surface area contributed by atoms with Crippen molar-refractivity contribution < 1.29 is 4.74 Å². The summed E-state index contributed by atoms with van der Waals surface area (Å²) in [5.41, 5.74) is 7.04. The Morgan fingerprint density at radius 3 is 3.00 bits per heavy atom. The first-order valence-corrected chi connectivity index (χ1v) is 6.74. The summed E-state index contributed by atoms with van der Waals surface area (Å²) in [6, 6.07) is 6.66. The lowest BCUT2D eigenvalue weighted by Gasteiger charge is -2.42. The third-order valence-corrected chi connectivity index (χ3v) is 3.63. The van der Waals surface area contributed by atoms with Crippen LogP contribution in [0.15, 0.2) is 24.4 Å². The van der Waals surface area contributed by atoms with Crippen LogP contribution in [0.4, 0.5) is 0 Å². The zero-order valence-electron chi connectivity index (χ0n) is 11.2. The van der Waals surface area contributed by atoms with Gasteiger partial charge in [-0.3, -0.25) is 9.88 Å². The van der Waals surface area contributed by atoms with Crippen LogP contribution in [0.3, 0.4) is 0 Å². The molecule has 0 amide bonds. The number of aromatic nitrogens is 1. The Labute approximate surface area is 109 Å². The summed E-state index contributed by atoms with van der Waals surface area (Å²) in [4.78, 5) is 6.91. The zero-order chi connectivity index (χ0) is 13.0. The van der Waals surface area contributed by atoms with E-state index in [2.05, 4.69) is 29.8 Å². The maximum atomic E-state index is 5.98. The molecule has 18 heavy (non-hydrogen) atoms. The summed E-state index contributed by atoms with van der Waals surface area (Å²) in [7, 11) is 0. The van der Waals surface area contributed by atoms with Crippen molar-refractivity contribution >= 4 is 0 Å². The molecule has 1 saturated heterocycles. The molecule has 3 atom stereocenters. The van der Waals surface area contributed by atoms with Gasteiger partial charge >= 0.3 is 0 Å². The van der Waals surface area contributed by atoms with Crippen LogP contribution >= 0.6 is 0 Å². The van der Waals surface area contributed by atoms with E-state index in [1.165, 1.54) is 0 Å². The van der Waals surface area contributed by atoms with Crippen molar-refractivity contribution in [2.75, 3.05) is 19.7 Å². The molecule has 1 aliphatic heterocycles. The molecule has 1 fully saturated rings. The second kappa shape index (κ2) is 6.27. The second-order valence-electron chi connectivity index (χ2n) is 4.91. The van der Waals surface area contributed by atoms with Crippen molar-refractivity contribution in [3.63, 3.8) is 0 Å². The van der Waals surface area contributed by atoms with Gasteiger partial charge in [-0.2, -0.15) is 0 Å². The van der Waals surface area contributed by atoms with Gasteiger partial charge in [-0.25, -0.2) is 0 Å². The Bertz CT molecular complexity index is 357. The average Bonchev–Trinajstić information content (AvgIpc) is 2.41. The number of hydrogen-bond donors (Lipinski definition) is 1. The highest BCUT2D eigenvalue weighted by Gasteiger charge is 2.31. The highest BCUT2D eigenvalue weighted by atomic mass is 16.5. The first-order valence-electron chi connectivity index (χ1n) is 6.74. The van der Waals surface area contributed by atoms with E-state index in [-0.39, 0.29) is 12.1 Å². The van der Waals surface area contributed by atoms with Crippen LogP contribution in [-0.2, 0) is 4.74 Å². The number of nitrogens with two attached hydrogens (primary N) is 1. The van der Waals surface area contributed by atoms with Crippen molar-refractivity contribution in [3.8, 4) is 0 Å². The summed E-state index contributed by atoms with van der Waals surface area (Å²) >= 11 is 0. The van der Waals surface area contributed by atoms with Crippen LogP contribution < -0.4 is 5.73 Å². The van der Waals surface area contributed by atoms with Crippen molar-refractivity contribution in [1.29, 1.82) is 0 Å². The van der Waals surface area contributed by atoms with Gasteiger partial charge in [0, 0.05) is 25.3 Å². The molecule has 0 spiro atoms. The fourth-order valence-electron chi connectivity index (χ4n) is 2.60. The Balaban J connectivity index is 2.19. The maximum absolute atomic E-state index is 5.98. The van der Waals surface area contributed by atoms with E-state index in [0.717, 1.165) is 25.3 Å². The van der Waals surface area contributed by atoms with Crippen molar-refractivity contribution in [3.05, 3.63) is 30.1 Å². The molecular weight excluding hydrogens is 226 g/mol. The summed E-state index contributed by atoms with van der Waals surface area (Å²) in [6.45, 7) is 6.63.